The van der Waals surface area contributed by atoms with Crippen LogP contribution in [0, 0.1) is 24.0 Å². The van der Waals surface area contributed by atoms with Crippen molar-refractivity contribution in [3.8, 4) is 11.5 Å². The minimum atomic E-state index is -4.25. The number of sulfonamides is 1. The van der Waals surface area contributed by atoms with Crippen LogP contribution in [0.15, 0.2) is 59.5 Å². The molecule has 0 aromatic heterocycles. The van der Waals surface area contributed by atoms with Crippen LogP contribution in [0.1, 0.15) is 21.5 Å². The number of nitro groups is 1. The first-order valence-corrected chi connectivity index (χ1v) is 11.5. The number of ether oxygens (including phenoxy) is 2. The number of nitrogens with zero attached hydrogens (tertiary/aromatic N) is 1. The first kappa shape index (κ1) is 24.5. The zero-order valence-corrected chi connectivity index (χ0v) is 19.7. The standard InChI is InChI=1S/C23H23N3O7S/c1-14-11-16(26(28)29)12-22(15(14)2)34(30,31)25-19-8-6-5-7-18(19)23(27)24-20-10-9-17(32-3)13-21(20)33-4/h5-13,25H,1-4H3,(H,24,27). The molecule has 0 radical (unpaired) electrons. The highest BCUT2D eigenvalue weighted by molar-refractivity contribution is 7.92. The van der Waals surface area contributed by atoms with E-state index in [1.54, 1.807) is 44.2 Å². The van der Waals surface area contributed by atoms with Crippen LogP contribution in [0.5, 0.6) is 11.5 Å². The fourth-order valence-corrected chi connectivity index (χ4v) is 4.67. The van der Waals surface area contributed by atoms with Crippen molar-refractivity contribution in [1.82, 2.24) is 0 Å². The Hall–Kier alpha value is -4.12. The third-order valence-electron chi connectivity index (χ3n) is 5.18. The van der Waals surface area contributed by atoms with E-state index in [0.717, 1.165) is 6.07 Å². The Morgan fingerprint density at radius 3 is 2.32 bits per heavy atom. The predicted molar refractivity (Wildman–Crippen MR) is 127 cm³/mol. The predicted octanol–water partition coefficient (Wildman–Crippen LogP) is 4.28. The van der Waals surface area contributed by atoms with E-state index in [9.17, 15) is 23.3 Å². The minimum Gasteiger partial charge on any atom is -0.497 e. The number of aryl methyl sites for hydroxylation is 1. The smallest absolute Gasteiger partial charge is 0.271 e. The molecule has 11 heteroatoms. The van der Waals surface area contributed by atoms with Crippen molar-refractivity contribution >= 4 is 33.0 Å². The summed E-state index contributed by atoms with van der Waals surface area (Å²) in [5, 5.41) is 13.9. The SMILES string of the molecule is COc1ccc(NC(=O)c2ccccc2NS(=O)(=O)c2cc([N+](=O)[O-])cc(C)c2C)c(OC)c1. The molecule has 0 saturated heterocycles. The maximum Gasteiger partial charge on any atom is 0.271 e. The zero-order valence-electron chi connectivity index (χ0n) is 18.9. The van der Waals surface area contributed by atoms with Crippen molar-refractivity contribution in [3.05, 3.63) is 81.4 Å². The molecule has 0 unspecified atom stereocenters. The van der Waals surface area contributed by atoms with Crippen LogP contribution in [0.3, 0.4) is 0 Å². The summed E-state index contributed by atoms with van der Waals surface area (Å²) in [6, 6.07) is 13.2. The van der Waals surface area contributed by atoms with Crippen molar-refractivity contribution in [2.75, 3.05) is 24.3 Å². The minimum absolute atomic E-state index is 0.0102. The van der Waals surface area contributed by atoms with E-state index in [-0.39, 0.29) is 21.8 Å². The Bertz CT molecular complexity index is 1370. The van der Waals surface area contributed by atoms with Crippen LogP contribution in [-0.2, 0) is 10.0 Å². The number of nitro benzene ring substituents is 1. The Balaban J connectivity index is 1.96. The number of anilines is 2. The molecule has 1 amide bonds. The van der Waals surface area contributed by atoms with E-state index in [2.05, 4.69) is 10.0 Å². The summed E-state index contributed by atoms with van der Waals surface area (Å²) < 4.78 is 39.1. The topological polar surface area (TPSA) is 137 Å². The van der Waals surface area contributed by atoms with Gasteiger partial charge < -0.3 is 14.8 Å². The molecular formula is C23H23N3O7S. The Kier molecular flexibility index (Phi) is 7.06. The number of carbonyl (C=O) groups is 1. The fourth-order valence-electron chi connectivity index (χ4n) is 3.25. The maximum atomic E-state index is 13.2. The number of amides is 1. The summed E-state index contributed by atoms with van der Waals surface area (Å²) in [5.74, 6) is 0.299. The highest BCUT2D eigenvalue weighted by Crippen LogP contribution is 2.31. The van der Waals surface area contributed by atoms with Gasteiger partial charge in [0.05, 0.1) is 41.0 Å². The van der Waals surface area contributed by atoms with Crippen molar-refractivity contribution in [3.63, 3.8) is 0 Å². The molecule has 0 saturated carbocycles. The first-order valence-electron chi connectivity index (χ1n) is 9.98. The molecule has 3 aromatic rings. The number of benzene rings is 3. The van der Waals surface area contributed by atoms with Gasteiger partial charge >= 0.3 is 0 Å². The third kappa shape index (κ3) is 5.09. The average molecular weight is 486 g/mol. The molecule has 3 rings (SSSR count). The molecule has 0 spiro atoms. The zero-order chi connectivity index (χ0) is 25.0. The number of rotatable bonds is 8. The van der Waals surface area contributed by atoms with E-state index >= 15 is 0 Å². The Morgan fingerprint density at radius 2 is 1.68 bits per heavy atom. The summed E-state index contributed by atoms with van der Waals surface area (Å²) >= 11 is 0. The van der Waals surface area contributed by atoms with Gasteiger partial charge in [0.25, 0.3) is 21.6 Å². The normalized spacial score (nSPS) is 10.9. The molecule has 0 fully saturated rings. The summed E-state index contributed by atoms with van der Waals surface area (Å²) in [6.45, 7) is 3.15. The lowest BCUT2D eigenvalue weighted by atomic mass is 10.1. The van der Waals surface area contributed by atoms with Crippen LogP contribution in [0.25, 0.3) is 0 Å². The van der Waals surface area contributed by atoms with E-state index in [4.69, 9.17) is 9.47 Å². The molecule has 3 aromatic carbocycles. The summed E-state index contributed by atoms with van der Waals surface area (Å²) in [4.78, 5) is 23.4. The number of methoxy groups -OCH3 is 2. The van der Waals surface area contributed by atoms with Gasteiger partial charge in [0.1, 0.15) is 11.5 Å². The highest BCUT2D eigenvalue weighted by Gasteiger charge is 2.24. The molecule has 2 N–H and O–H groups in total. The summed E-state index contributed by atoms with van der Waals surface area (Å²) in [5.41, 5.74) is 0.882. The van der Waals surface area contributed by atoms with Crippen LogP contribution >= 0.6 is 0 Å². The molecule has 0 heterocycles. The lowest BCUT2D eigenvalue weighted by Crippen LogP contribution is -2.19. The second kappa shape index (κ2) is 9.79. The lowest BCUT2D eigenvalue weighted by Gasteiger charge is -2.16. The number of para-hydroxylation sites is 1. The molecule has 178 valence electrons. The number of nitrogens with one attached hydrogen (secondary N) is 2. The molecule has 10 nitrogen and oxygen atoms in total. The highest BCUT2D eigenvalue weighted by atomic mass is 32.2. The van der Waals surface area contributed by atoms with Gasteiger partial charge in [-0.1, -0.05) is 12.1 Å². The molecule has 0 aliphatic rings. The number of non-ortho nitro benzene ring substituents is 1. The average Bonchev–Trinajstić information content (AvgIpc) is 2.80. The lowest BCUT2D eigenvalue weighted by molar-refractivity contribution is -0.385. The van der Waals surface area contributed by atoms with Gasteiger partial charge in [0.15, 0.2) is 0 Å². The monoisotopic (exact) mass is 485 g/mol. The fraction of sp³-hybridized carbons (Fsp3) is 0.174. The Labute approximate surface area is 196 Å². The van der Waals surface area contributed by atoms with Crippen molar-refractivity contribution in [2.45, 2.75) is 18.7 Å². The van der Waals surface area contributed by atoms with Gasteiger partial charge in [-0.05, 0) is 49.2 Å². The van der Waals surface area contributed by atoms with Crippen LogP contribution < -0.4 is 19.5 Å². The van der Waals surface area contributed by atoms with E-state index in [0.29, 0.717) is 28.3 Å². The number of hydrogen-bond donors (Lipinski definition) is 2. The van der Waals surface area contributed by atoms with Gasteiger partial charge in [0, 0.05) is 18.2 Å². The molecule has 0 bridgehead atoms. The van der Waals surface area contributed by atoms with Crippen LogP contribution in [0.2, 0.25) is 0 Å². The third-order valence-corrected chi connectivity index (χ3v) is 6.67. The van der Waals surface area contributed by atoms with Gasteiger partial charge in [-0.2, -0.15) is 0 Å². The second-order valence-corrected chi connectivity index (χ2v) is 8.97. The van der Waals surface area contributed by atoms with E-state index in [1.807, 2.05) is 0 Å². The largest absolute Gasteiger partial charge is 0.497 e. The van der Waals surface area contributed by atoms with Crippen molar-refractivity contribution in [1.29, 1.82) is 0 Å². The van der Waals surface area contributed by atoms with Gasteiger partial charge in [-0.3, -0.25) is 19.6 Å². The van der Waals surface area contributed by atoms with E-state index in [1.165, 1.54) is 32.4 Å². The first-order chi connectivity index (χ1) is 16.1. The quantitative estimate of drug-likeness (QED) is 0.359. The van der Waals surface area contributed by atoms with Crippen LogP contribution in [-0.4, -0.2) is 33.5 Å². The van der Waals surface area contributed by atoms with Crippen molar-refractivity contribution in [2.24, 2.45) is 0 Å². The maximum absolute atomic E-state index is 13.2. The molecule has 0 aliphatic heterocycles. The molecular weight excluding hydrogens is 462 g/mol. The number of carbonyl (C=O) groups excluding carboxylic acids is 1. The van der Waals surface area contributed by atoms with Crippen LogP contribution in [0.4, 0.5) is 17.1 Å². The van der Waals surface area contributed by atoms with E-state index < -0.39 is 20.9 Å². The summed E-state index contributed by atoms with van der Waals surface area (Å²) in [6.07, 6.45) is 0. The Morgan fingerprint density at radius 1 is 0.971 bits per heavy atom. The molecule has 0 aliphatic carbocycles. The summed E-state index contributed by atoms with van der Waals surface area (Å²) in [7, 11) is -1.31. The van der Waals surface area contributed by atoms with Gasteiger partial charge in [-0.25, -0.2) is 8.42 Å². The second-order valence-electron chi connectivity index (χ2n) is 7.31. The number of hydrogen-bond acceptors (Lipinski definition) is 7. The molecule has 0 atom stereocenters. The van der Waals surface area contributed by atoms with Gasteiger partial charge in [0.2, 0.25) is 0 Å². The molecule has 34 heavy (non-hydrogen) atoms. The van der Waals surface area contributed by atoms with Crippen molar-refractivity contribution < 1.29 is 27.6 Å². The van der Waals surface area contributed by atoms with Gasteiger partial charge in [-0.15, -0.1) is 0 Å².